The molecule has 0 fully saturated rings. The second-order valence-corrected chi connectivity index (χ2v) is 7.02. The molecule has 0 saturated carbocycles. The van der Waals surface area contributed by atoms with Gasteiger partial charge in [-0.15, -0.1) is 0 Å². The number of rotatable bonds is 5. The molecular formula is C8H20O2Si. The Labute approximate surface area is 71.1 Å². The molecule has 0 N–H and O–H groups in total. The first-order chi connectivity index (χ1) is 5.10. The minimum Gasteiger partial charge on any atom is -0.398 e. The summed E-state index contributed by atoms with van der Waals surface area (Å²) in [5, 5.41) is 0. The first kappa shape index (κ1) is 11.1. The first-order valence-corrected chi connectivity index (χ1v) is 6.43. The molecule has 0 bridgehead atoms. The van der Waals surface area contributed by atoms with Crippen LogP contribution in [0.5, 0.6) is 0 Å². The highest BCUT2D eigenvalue weighted by Crippen LogP contribution is 2.21. The predicted octanol–water partition coefficient (Wildman–Crippen LogP) is 2.40. The van der Waals surface area contributed by atoms with E-state index in [9.17, 15) is 0 Å². The zero-order chi connectivity index (χ0) is 8.91. The van der Waals surface area contributed by atoms with Crippen molar-refractivity contribution in [2.45, 2.75) is 32.9 Å². The summed E-state index contributed by atoms with van der Waals surface area (Å²) in [7, 11) is 1.75. The Bertz CT molecular complexity index is 92.0. The quantitative estimate of drug-likeness (QED) is 0.599. The van der Waals surface area contributed by atoms with Gasteiger partial charge in [0.05, 0.1) is 0 Å². The third-order valence-electron chi connectivity index (χ3n) is 2.00. The molecule has 0 spiro atoms. The van der Waals surface area contributed by atoms with Gasteiger partial charge < -0.3 is 8.85 Å². The van der Waals surface area contributed by atoms with Crippen molar-refractivity contribution in [2.24, 2.45) is 5.92 Å². The van der Waals surface area contributed by atoms with Gasteiger partial charge >= 0.3 is 8.56 Å². The van der Waals surface area contributed by atoms with Crippen molar-refractivity contribution < 1.29 is 8.85 Å². The van der Waals surface area contributed by atoms with Crippen LogP contribution in [0.4, 0.5) is 0 Å². The Kier molecular flexibility index (Phi) is 4.96. The predicted molar refractivity (Wildman–Crippen MR) is 49.9 cm³/mol. The fourth-order valence-corrected chi connectivity index (χ4v) is 3.92. The maximum atomic E-state index is 5.46. The van der Waals surface area contributed by atoms with Gasteiger partial charge in [-0.3, -0.25) is 0 Å². The van der Waals surface area contributed by atoms with E-state index in [1.54, 1.807) is 14.2 Å². The van der Waals surface area contributed by atoms with Crippen LogP contribution >= 0.6 is 0 Å². The third-order valence-corrected chi connectivity index (χ3v) is 6.01. The molecule has 0 atom stereocenters. The van der Waals surface area contributed by atoms with Crippen molar-refractivity contribution in [3.63, 3.8) is 0 Å². The summed E-state index contributed by atoms with van der Waals surface area (Å²) in [6.45, 7) is 6.55. The molecule has 68 valence electrons. The van der Waals surface area contributed by atoms with E-state index in [1.807, 2.05) is 0 Å². The van der Waals surface area contributed by atoms with Gasteiger partial charge in [0.15, 0.2) is 0 Å². The van der Waals surface area contributed by atoms with Crippen LogP contribution in [0.25, 0.3) is 0 Å². The summed E-state index contributed by atoms with van der Waals surface area (Å²) in [4.78, 5) is 0. The molecule has 0 heterocycles. The highest BCUT2D eigenvalue weighted by atomic mass is 28.4. The van der Waals surface area contributed by atoms with E-state index in [1.165, 1.54) is 0 Å². The summed E-state index contributed by atoms with van der Waals surface area (Å²) < 4.78 is 10.9. The van der Waals surface area contributed by atoms with Crippen LogP contribution in [-0.4, -0.2) is 22.8 Å². The SMILES string of the molecule is CC[Si](CC(C)C)(OC)OC. The molecular weight excluding hydrogens is 156 g/mol. The van der Waals surface area contributed by atoms with Crippen molar-refractivity contribution >= 4 is 8.56 Å². The normalized spacial score (nSPS) is 12.5. The fraction of sp³-hybridized carbons (Fsp3) is 1.00. The van der Waals surface area contributed by atoms with Crippen LogP contribution in [0.3, 0.4) is 0 Å². The Morgan fingerprint density at radius 2 is 1.64 bits per heavy atom. The molecule has 0 unspecified atom stereocenters. The van der Waals surface area contributed by atoms with Crippen LogP contribution in [0, 0.1) is 5.92 Å². The number of hydrogen-bond donors (Lipinski definition) is 0. The van der Waals surface area contributed by atoms with Crippen molar-refractivity contribution in [3.05, 3.63) is 0 Å². The lowest BCUT2D eigenvalue weighted by molar-refractivity contribution is 0.237. The van der Waals surface area contributed by atoms with Crippen molar-refractivity contribution in [1.29, 1.82) is 0 Å². The van der Waals surface area contributed by atoms with Crippen LogP contribution in [0.2, 0.25) is 12.1 Å². The monoisotopic (exact) mass is 176 g/mol. The van der Waals surface area contributed by atoms with Gasteiger partial charge in [-0.25, -0.2) is 0 Å². The topological polar surface area (TPSA) is 18.5 Å². The van der Waals surface area contributed by atoms with Crippen LogP contribution < -0.4 is 0 Å². The largest absolute Gasteiger partial charge is 0.398 e. The molecule has 2 nitrogen and oxygen atoms in total. The second-order valence-electron chi connectivity index (χ2n) is 3.27. The van der Waals surface area contributed by atoms with Crippen LogP contribution in [0.1, 0.15) is 20.8 Å². The van der Waals surface area contributed by atoms with E-state index < -0.39 is 8.56 Å². The Morgan fingerprint density at radius 3 is 1.73 bits per heavy atom. The summed E-state index contributed by atoms with van der Waals surface area (Å²) in [6, 6.07) is 2.13. The molecule has 0 saturated heterocycles. The molecule has 0 aromatic rings. The standard InChI is InChI=1S/C8H20O2Si/c1-6-11(9-4,10-5)7-8(2)3/h8H,6-7H2,1-5H3. The zero-order valence-corrected chi connectivity index (χ0v) is 9.31. The first-order valence-electron chi connectivity index (χ1n) is 4.20. The molecule has 0 aromatic carbocycles. The van der Waals surface area contributed by atoms with E-state index >= 15 is 0 Å². The van der Waals surface area contributed by atoms with Crippen LogP contribution in [-0.2, 0) is 8.85 Å². The number of hydrogen-bond acceptors (Lipinski definition) is 2. The van der Waals surface area contributed by atoms with Gasteiger partial charge in [-0.2, -0.15) is 0 Å². The molecule has 0 aliphatic rings. The molecule has 0 radical (unpaired) electrons. The van der Waals surface area contributed by atoms with Crippen LogP contribution in [0.15, 0.2) is 0 Å². The van der Waals surface area contributed by atoms with E-state index in [-0.39, 0.29) is 0 Å². The fourth-order valence-electron chi connectivity index (χ4n) is 1.31. The molecule has 0 rings (SSSR count). The summed E-state index contributed by atoms with van der Waals surface area (Å²) in [5.41, 5.74) is 0. The van der Waals surface area contributed by atoms with Gasteiger partial charge in [0, 0.05) is 14.2 Å². The highest BCUT2D eigenvalue weighted by Gasteiger charge is 2.33. The third kappa shape index (κ3) is 3.36. The van der Waals surface area contributed by atoms with Gasteiger partial charge in [0.25, 0.3) is 0 Å². The average molecular weight is 176 g/mol. The van der Waals surface area contributed by atoms with E-state index in [0.29, 0.717) is 5.92 Å². The van der Waals surface area contributed by atoms with Crippen molar-refractivity contribution in [3.8, 4) is 0 Å². The van der Waals surface area contributed by atoms with E-state index in [2.05, 4.69) is 20.8 Å². The van der Waals surface area contributed by atoms with Gasteiger partial charge in [-0.1, -0.05) is 20.8 Å². The average Bonchev–Trinajstić information content (AvgIpc) is 2.00. The van der Waals surface area contributed by atoms with Gasteiger partial charge in [0.1, 0.15) is 0 Å². The lowest BCUT2D eigenvalue weighted by Gasteiger charge is -2.27. The maximum absolute atomic E-state index is 5.46. The van der Waals surface area contributed by atoms with Crippen molar-refractivity contribution in [1.82, 2.24) is 0 Å². The van der Waals surface area contributed by atoms with Crippen molar-refractivity contribution in [2.75, 3.05) is 14.2 Å². The summed E-state index contributed by atoms with van der Waals surface area (Å²) in [6.07, 6.45) is 0. The van der Waals surface area contributed by atoms with Gasteiger partial charge in [0.2, 0.25) is 0 Å². The lowest BCUT2D eigenvalue weighted by Crippen LogP contribution is -2.40. The molecule has 3 heteroatoms. The molecule has 0 aliphatic carbocycles. The second kappa shape index (κ2) is 4.90. The summed E-state index contributed by atoms with van der Waals surface area (Å²) >= 11 is 0. The summed E-state index contributed by atoms with van der Waals surface area (Å²) in [5.74, 6) is 0.668. The minimum atomic E-state index is -1.78. The Hall–Kier alpha value is 0.137. The highest BCUT2D eigenvalue weighted by molar-refractivity contribution is 6.67. The minimum absolute atomic E-state index is 0.668. The molecule has 0 amide bonds. The smallest absolute Gasteiger partial charge is 0.337 e. The molecule has 0 aromatic heterocycles. The zero-order valence-electron chi connectivity index (χ0n) is 8.31. The molecule has 0 aliphatic heterocycles. The van der Waals surface area contributed by atoms with Gasteiger partial charge in [-0.05, 0) is 18.0 Å². The lowest BCUT2D eigenvalue weighted by atomic mass is 10.3. The Morgan fingerprint density at radius 1 is 1.18 bits per heavy atom. The van der Waals surface area contributed by atoms with E-state index in [4.69, 9.17) is 8.85 Å². The Balaban J connectivity index is 4.05. The maximum Gasteiger partial charge on any atom is 0.337 e. The molecule has 11 heavy (non-hydrogen) atoms. The van der Waals surface area contributed by atoms with E-state index in [0.717, 1.165) is 12.1 Å².